The van der Waals surface area contributed by atoms with Crippen LogP contribution in [0.2, 0.25) is 0 Å². The summed E-state index contributed by atoms with van der Waals surface area (Å²) in [4.78, 5) is 11.7. The summed E-state index contributed by atoms with van der Waals surface area (Å²) in [5.41, 5.74) is 3.57. The minimum Gasteiger partial charge on any atom is -0.465 e. The van der Waals surface area contributed by atoms with Gasteiger partial charge in [-0.1, -0.05) is 19.9 Å². The number of esters is 1. The number of fused-ring (bicyclic) bond motifs is 4. The summed E-state index contributed by atoms with van der Waals surface area (Å²) in [5, 5.41) is 3.62. The van der Waals surface area contributed by atoms with Crippen LogP contribution in [-0.4, -0.2) is 25.7 Å². The van der Waals surface area contributed by atoms with Crippen LogP contribution in [0, 0.1) is 5.92 Å². The van der Waals surface area contributed by atoms with Gasteiger partial charge in [-0.25, -0.2) is 4.79 Å². The van der Waals surface area contributed by atoms with Crippen LogP contribution >= 0.6 is 0 Å². The van der Waals surface area contributed by atoms with Gasteiger partial charge in [-0.3, -0.25) is 0 Å². The van der Waals surface area contributed by atoms with E-state index in [4.69, 9.17) is 4.74 Å². The molecule has 0 spiro atoms. The van der Waals surface area contributed by atoms with E-state index in [-0.39, 0.29) is 11.4 Å². The second-order valence-electron chi connectivity index (χ2n) is 6.08. The maximum atomic E-state index is 11.7. The van der Waals surface area contributed by atoms with Crippen molar-refractivity contribution in [2.45, 2.75) is 38.1 Å². The minimum absolute atomic E-state index is 0.174. The number of hydrogen-bond acceptors (Lipinski definition) is 3. The molecule has 0 unspecified atom stereocenters. The van der Waals surface area contributed by atoms with Crippen molar-refractivity contribution in [1.82, 2.24) is 5.32 Å². The molecule has 0 amide bonds. The summed E-state index contributed by atoms with van der Waals surface area (Å²) in [5.74, 6) is 0.358. The molecular formula is C16H21NO2. The number of nitrogens with one attached hydrogen (secondary N) is 1. The molecule has 0 radical (unpaired) electrons. The summed E-state index contributed by atoms with van der Waals surface area (Å²) in [7, 11) is 1.44. The molecule has 3 heteroatoms. The van der Waals surface area contributed by atoms with E-state index in [1.54, 1.807) is 0 Å². The number of hydrogen-bond donors (Lipinski definition) is 1. The van der Waals surface area contributed by atoms with Gasteiger partial charge in [0.15, 0.2) is 0 Å². The van der Waals surface area contributed by atoms with Gasteiger partial charge in [-0.05, 0) is 54.0 Å². The zero-order chi connectivity index (χ0) is 13.6. The fraction of sp³-hybridized carbons (Fsp3) is 0.562. The first-order valence-corrected chi connectivity index (χ1v) is 7.01. The van der Waals surface area contributed by atoms with E-state index >= 15 is 0 Å². The van der Waals surface area contributed by atoms with Gasteiger partial charge in [0.25, 0.3) is 0 Å². The van der Waals surface area contributed by atoms with Crippen molar-refractivity contribution in [1.29, 1.82) is 0 Å². The highest BCUT2D eigenvalue weighted by Gasteiger charge is 2.45. The topological polar surface area (TPSA) is 38.3 Å². The Morgan fingerprint density at radius 2 is 2.26 bits per heavy atom. The van der Waals surface area contributed by atoms with E-state index in [0.717, 1.165) is 19.4 Å². The summed E-state index contributed by atoms with van der Waals surface area (Å²) in [6.07, 6.45) is 2.19. The van der Waals surface area contributed by atoms with Crippen molar-refractivity contribution < 1.29 is 9.53 Å². The SMILES string of the molecule is COC(=O)c1ccc2c(c1)[C@]1(C)CCN[C@H](C2)[C@H]1C. The van der Waals surface area contributed by atoms with Gasteiger partial charge in [0, 0.05) is 6.04 Å². The lowest BCUT2D eigenvalue weighted by atomic mass is 9.59. The van der Waals surface area contributed by atoms with Crippen molar-refractivity contribution in [3.8, 4) is 0 Å². The highest BCUT2D eigenvalue weighted by molar-refractivity contribution is 5.89. The Bertz CT molecular complexity index is 525. The lowest BCUT2D eigenvalue weighted by molar-refractivity contribution is 0.0600. The molecule has 2 bridgehead atoms. The smallest absolute Gasteiger partial charge is 0.337 e. The third kappa shape index (κ3) is 1.79. The molecule has 1 aliphatic carbocycles. The molecule has 1 N–H and O–H groups in total. The lowest BCUT2D eigenvalue weighted by Crippen LogP contribution is -2.56. The molecule has 2 aliphatic rings. The molecule has 1 fully saturated rings. The predicted molar refractivity (Wildman–Crippen MR) is 74.4 cm³/mol. The molecule has 3 atom stereocenters. The van der Waals surface area contributed by atoms with E-state index in [1.165, 1.54) is 18.2 Å². The molecule has 0 aromatic heterocycles. The predicted octanol–water partition coefficient (Wildman–Crippen LogP) is 2.29. The maximum absolute atomic E-state index is 11.7. The van der Waals surface area contributed by atoms with Gasteiger partial charge in [0.05, 0.1) is 12.7 Å². The van der Waals surface area contributed by atoms with Crippen LogP contribution in [0.15, 0.2) is 18.2 Å². The molecule has 0 saturated carbocycles. The van der Waals surface area contributed by atoms with Gasteiger partial charge < -0.3 is 10.1 Å². The number of piperidine rings is 1. The number of ether oxygens (including phenoxy) is 1. The van der Waals surface area contributed by atoms with Crippen molar-refractivity contribution in [2.24, 2.45) is 5.92 Å². The fourth-order valence-corrected chi connectivity index (χ4v) is 3.76. The fourth-order valence-electron chi connectivity index (χ4n) is 3.76. The van der Waals surface area contributed by atoms with E-state index in [0.29, 0.717) is 17.5 Å². The normalized spacial score (nSPS) is 32.6. The molecular weight excluding hydrogens is 238 g/mol. The number of benzene rings is 1. The Morgan fingerprint density at radius 1 is 1.47 bits per heavy atom. The molecule has 1 saturated heterocycles. The third-order valence-corrected chi connectivity index (χ3v) is 5.25. The molecule has 1 aliphatic heterocycles. The number of carbonyl (C=O) groups excluding carboxylic acids is 1. The molecule has 1 heterocycles. The van der Waals surface area contributed by atoms with E-state index in [1.807, 2.05) is 6.07 Å². The molecule has 3 rings (SSSR count). The van der Waals surface area contributed by atoms with E-state index in [9.17, 15) is 4.79 Å². The molecule has 102 valence electrons. The Kier molecular flexibility index (Phi) is 2.90. The zero-order valence-electron chi connectivity index (χ0n) is 11.8. The summed E-state index contributed by atoms with van der Waals surface area (Å²) in [6.45, 7) is 5.72. The van der Waals surface area contributed by atoms with Crippen molar-refractivity contribution in [2.75, 3.05) is 13.7 Å². The summed E-state index contributed by atoms with van der Waals surface area (Å²) < 4.78 is 4.84. The number of rotatable bonds is 1. The number of carbonyl (C=O) groups is 1. The Morgan fingerprint density at radius 3 is 3.00 bits per heavy atom. The largest absolute Gasteiger partial charge is 0.465 e. The lowest BCUT2D eigenvalue weighted by Gasteiger charge is -2.50. The van der Waals surface area contributed by atoms with Crippen LogP contribution in [0.25, 0.3) is 0 Å². The zero-order valence-corrected chi connectivity index (χ0v) is 11.8. The van der Waals surface area contributed by atoms with Crippen LogP contribution in [-0.2, 0) is 16.6 Å². The highest BCUT2D eigenvalue weighted by atomic mass is 16.5. The van der Waals surface area contributed by atoms with Crippen molar-refractivity contribution in [3.63, 3.8) is 0 Å². The van der Waals surface area contributed by atoms with Crippen LogP contribution in [0.5, 0.6) is 0 Å². The van der Waals surface area contributed by atoms with Gasteiger partial charge in [0.2, 0.25) is 0 Å². The van der Waals surface area contributed by atoms with E-state index < -0.39 is 0 Å². The average Bonchev–Trinajstić information content (AvgIpc) is 2.41. The monoisotopic (exact) mass is 259 g/mol. The second-order valence-corrected chi connectivity index (χ2v) is 6.08. The Labute approximate surface area is 114 Å². The van der Waals surface area contributed by atoms with Crippen LogP contribution in [0.4, 0.5) is 0 Å². The average molecular weight is 259 g/mol. The summed E-state index contributed by atoms with van der Waals surface area (Å²) in [6, 6.07) is 6.61. The first-order chi connectivity index (χ1) is 9.06. The first kappa shape index (κ1) is 12.7. The highest BCUT2D eigenvalue weighted by Crippen LogP contribution is 2.46. The number of methoxy groups -OCH3 is 1. The first-order valence-electron chi connectivity index (χ1n) is 7.01. The van der Waals surface area contributed by atoms with Gasteiger partial charge in [0.1, 0.15) is 0 Å². The van der Waals surface area contributed by atoms with Crippen LogP contribution in [0.1, 0.15) is 41.8 Å². The second kappa shape index (κ2) is 4.34. The molecule has 1 aromatic carbocycles. The van der Waals surface area contributed by atoms with Crippen molar-refractivity contribution in [3.05, 3.63) is 34.9 Å². The van der Waals surface area contributed by atoms with Crippen molar-refractivity contribution >= 4 is 5.97 Å². The Hall–Kier alpha value is -1.35. The summed E-state index contributed by atoms with van der Waals surface area (Å²) >= 11 is 0. The van der Waals surface area contributed by atoms with Gasteiger partial charge in [-0.2, -0.15) is 0 Å². The van der Waals surface area contributed by atoms with Gasteiger partial charge >= 0.3 is 5.97 Å². The van der Waals surface area contributed by atoms with Gasteiger partial charge in [-0.15, -0.1) is 0 Å². The standard InChI is InChI=1S/C16H21NO2/c1-10-14-9-11-4-5-12(15(18)19-3)8-13(11)16(10,2)6-7-17-14/h4-5,8,10,14,17H,6-7,9H2,1-3H3/t10-,14-,16-/m1/s1. The van der Waals surface area contributed by atoms with Crippen LogP contribution < -0.4 is 5.32 Å². The quantitative estimate of drug-likeness (QED) is 0.786. The van der Waals surface area contributed by atoms with Crippen LogP contribution in [0.3, 0.4) is 0 Å². The maximum Gasteiger partial charge on any atom is 0.337 e. The molecule has 1 aromatic rings. The molecule has 3 nitrogen and oxygen atoms in total. The minimum atomic E-state index is -0.241. The Balaban J connectivity index is 2.11. The van der Waals surface area contributed by atoms with E-state index in [2.05, 4.69) is 31.3 Å². The third-order valence-electron chi connectivity index (χ3n) is 5.25. The molecule has 19 heavy (non-hydrogen) atoms.